The average Bonchev–Trinajstić information content (AvgIpc) is 3.52. The van der Waals surface area contributed by atoms with Crippen LogP contribution >= 0.6 is 23.4 Å². The molecular formula is C39H45ClN8O4S. The molecule has 0 spiro atoms. The quantitative estimate of drug-likeness (QED) is 0.137. The molecule has 0 aliphatic carbocycles. The van der Waals surface area contributed by atoms with Crippen LogP contribution in [0.25, 0.3) is 0 Å². The first-order valence-electron chi connectivity index (χ1n) is 17.9. The lowest BCUT2D eigenvalue weighted by Gasteiger charge is -2.38. The van der Waals surface area contributed by atoms with Gasteiger partial charge < -0.3 is 36.8 Å². The van der Waals surface area contributed by atoms with Gasteiger partial charge in [0.25, 0.3) is 5.91 Å². The van der Waals surface area contributed by atoms with Gasteiger partial charge in [-0.1, -0.05) is 61.5 Å². The lowest BCUT2D eigenvalue weighted by atomic mass is 9.91. The maximum absolute atomic E-state index is 13.4. The molecule has 0 bridgehead atoms. The zero-order valence-electron chi connectivity index (χ0n) is 30.1. The fourth-order valence-electron chi connectivity index (χ4n) is 7.10. The van der Waals surface area contributed by atoms with Crippen LogP contribution in [0.3, 0.4) is 0 Å². The third kappa shape index (κ3) is 7.89. The van der Waals surface area contributed by atoms with Crippen molar-refractivity contribution in [2.75, 3.05) is 42.1 Å². The number of fused-ring (bicyclic) bond motifs is 1. The van der Waals surface area contributed by atoms with Gasteiger partial charge in [0.2, 0.25) is 5.91 Å². The number of nitrogens with two attached hydrogens (primary N) is 2. The molecule has 3 aliphatic heterocycles. The molecule has 4 heterocycles. The topological polar surface area (TPSA) is 174 Å². The van der Waals surface area contributed by atoms with E-state index in [1.54, 1.807) is 23.2 Å². The monoisotopic (exact) mass is 756 g/mol. The average molecular weight is 757 g/mol. The Kier molecular flexibility index (Phi) is 10.2. The zero-order chi connectivity index (χ0) is 37.6. The van der Waals surface area contributed by atoms with E-state index in [0.717, 1.165) is 48.4 Å². The van der Waals surface area contributed by atoms with Crippen LogP contribution < -0.4 is 21.7 Å². The van der Waals surface area contributed by atoms with E-state index < -0.39 is 0 Å². The molecule has 2 fully saturated rings. The number of piperidine rings is 1. The van der Waals surface area contributed by atoms with Crippen molar-refractivity contribution in [2.45, 2.75) is 74.6 Å². The number of halogens is 1. The van der Waals surface area contributed by atoms with Gasteiger partial charge in [0.15, 0.2) is 5.82 Å². The van der Waals surface area contributed by atoms with Crippen molar-refractivity contribution in [1.29, 1.82) is 0 Å². The molecule has 7 rings (SSSR count). The normalized spacial score (nSPS) is 17.2. The maximum Gasteiger partial charge on any atom is 0.258 e. The summed E-state index contributed by atoms with van der Waals surface area (Å²) in [6, 6.07) is 14.5. The van der Waals surface area contributed by atoms with Crippen LogP contribution in [-0.2, 0) is 24.4 Å². The summed E-state index contributed by atoms with van der Waals surface area (Å²) < 4.78 is 0. The summed E-state index contributed by atoms with van der Waals surface area (Å²) >= 11 is 8.09. The molecule has 0 unspecified atom stereocenters. The van der Waals surface area contributed by atoms with Crippen molar-refractivity contribution in [3.05, 3.63) is 87.6 Å². The van der Waals surface area contributed by atoms with Crippen molar-refractivity contribution in [1.82, 2.24) is 19.8 Å². The molecular weight excluding hydrogens is 712 g/mol. The van der Waals surface area contributed by atoms with E-state index in [1.165, 1.54) is 17.8 Å². The van der Waals surface area contributed by atoms with E-state index in [0.29, 0.717) is 64.7 Å². The largest absolute Gasteiger partial charge is 0.508 e. The number of hydrogen-bond acceptors (Lipinski definition) is 11. The number of nitrogen functional groups attached to an aromatic ring is 1. The highest BCUT2D eigenvalue weighted by Crippen LogP contribution is 2.39. The number of anilines is 3. The van der Waals surface area contributed by atoms with Crippen LogP contribution in [0.15, 0.2) is 64.6 Å². The van der Waals surface area contributed by atoms with Crippen LogP contribution in [0, 0.1) is 5.92 Å². The molecule has 2 saturated heterocycles. The Morgan fingerprint density at radius 2 is 1.79 bits per heavy atom. The number of carbonyl (C=O) groups is 2. The molecule has 1 aromatic heterocycles. The van der Waals surface area contributed by atoms with Gasteiger partial charge in [0.05, 0.1) is 28.4 Å². The lowest BCUT2D eigenvalue weighted by Crippen LogP contribution is -2.51. The van der Waals surface area contributed by atoms with Gasteiger partial charge in [-0.15, -0.1) is 0 Å². The lowest BCUT2D eigenvalue weighted by molar-refractivity contribution is -0.125. The number of rotatable bonds is 9. The zero-order valence-corrected chi connectivity index (χ0v) is 31.7. The predicted octanol–water partition coefficient (Wildman–Crippen LogP) is 5.94. The molecule has 14 heteroatoms. The summed E-state index contributed by atoms with van der Waals surface area (Å²) in [4.78, 5) is 42.6. The summed E-state index contributed by atoms with van der Waals surface area (Å²) in [5.74, 6) is 0.253. The number of benzene rings is 3. The second-order valence-corrected chi connectivity index (χ2v) is 16.4. The predicted molar refractivity (Wildman–Crippen MR) is 207 cm³/mol. The summed E-state index contributed by atoms with van der Waals surface area (Å²) in [6.45, 7) is 10.3. The number of nitrogens with one attached hydrogen (secondary N) is 1. The Labute approximate surface area is 318 Å². The summed E-state index contributed by atoms with van der Waals surface area (Å²) in [7, 11) is 0. The summed E-state index contributed by atoms with van der Waals surface area (Å²) in [5, 5.41) is 24.6. The molecule has 278 valence electrons. The van der Waals surface area contributed by atoms with E-state index >= 15 is 0 Å². The highest BCUT2D eigenvalue weighted by Gasteiger charge is 2.34. The van der Waals surface area contributed by atoms with Gasteiger partial charge in [-0.25, -0.2) is 9.97 Å². The van der Waals surface area contributed by atoms with Gasteiger partial charge in [0, 0.05) is 62.3 Å². The Morgan fingerprint density at radius 1 is 1.06 bits per heavy atom. The Balaban J connectivity index is 0.915. The third-order valence-corrected chi connectivity index (χ3v) is 12.0. The Morgan fingerprint density at radius 3 is 2.51 bits per heavy atom. The molecule has 2 amide bonds. The van der Waals surface area contributed by atoms with Crippen LogP contribution in [0.5, 0.6) is 11.5 Å². The first kappa shape index (κ1) is 36.8. The molecule has 7 N–H and O–H groups in total. The van der Waals surface area contributed by atoms with Crippen molar-refractivity contribution < 1.29 is 19.8 Å². The third-order valence-electron chi connectivity index (χ3n) is 10.4. The second-order valence-electron chi connectivity index (χ2n) is 15.0. The Bertz CT molecular complexity index is 2060. The number of carbonyl (C=O) groups excluding carboxylic acids is 2. The number of hydrogen-bond donors (Lipinski definition) is 5. The highest BCUT2D eigenvalue weighted by molar-refractivity contribution is 7.99. The van der Waals surface area contributed by atoms with Crippen molar-refractivity contribution in [3.63, 3.8) is 0 Å². The summed E-state index contributed by atoms with van der Waals surface area (Å²) in [6.07, 6.45) is 3.47. The van der Waals surface area contributed by atoms with Gasteiger partial charge >= 0.3 is 0 Å². The number of amides is 2. The van der Waals surface area contributed by atoms with Crippen molar-refractivity contribution in [2.24, 2.45) is 11.7 Å². The summed E-state index contributed by atoms with van der Waals surface area (Å²) in [5.41, 5.74) is 17.0. The molecule has 4 aromatic rings. The first-order valence-corrected chi connectivity index (χ1v) is 19.1. The number of aromatic nitrogens is 2. The Hall–Kier alpha value is -4.56. The minimum atomic E-state index is -0.275. The SMILES string of the molecule is CC(C)c1cc(C(=O)N2Cc3ccc(CN4CC(C(=O)Nc5cccc(Sc6ncc(N7CCC(C)(N)CC7)nc6N)c5Cl)C4)cc3C2)c(O)cc1O. The number of likely N-dealkylation sites (tertiary alicyclic amines) is 1. The number of nitrogens with zero attached hydrogens (tertiary/aromatic N) is 5. The van der Waals surface area contributed by atoms with E-state index in [9.17, 15) is 19.8 Å². The van der Waals surface area contributed by atoms with Gasteiger partial charge in [0.1, 0.15) is 22.3 Å². The highest BCUT2D eigenvalue weighted by atomic mass is 35.5. The maximum atomic E-state index is 13.4. The van der Waals surface area contributed by atoms with Crippen molar-refractivity contribution >= 4 is 52.5 Å². The van der Waals surface area contributed by atoms with Crippen LogP contribution in [-0.4, -0.2) is 73.5 Å². The van der Waals surface area contributed by atoms with E-state index in [4.69, 9.17) is 23.1 Å². The number of phenols is 2. The molecule has 3 aromatic carbocycles. The van der Waals surface area contributed by atoms with Crippen LogP contribution in [0.1, 0.15) is 72.1 Å². The van der Waals surface area contributed by atoms with Crippen LogP contribution in [0.4, 0.5) is 17.3 Å². The molecule has 53 heavy (non-hydrogen) atoms. The fourth-order valence-corrected chi connectivity index (χ4v) is 8.20. The smallest absolute Gasteiger partial charge is 0.258 e. The van der Waals surface area contributed by atoms with E-state index in [1.807, 2.05) is 32.0 Å². The molecule has 0 atom stereocenters. The molecule has 0 saturated carbocycles. The fraction of sp³-hybridized carbons (Fsp3) is 0.385. The number of aromatic hydroxyl groups is 2. The second kappa shape index (κ2) is 14.7. The minimum Gasteiger partial charge on any atom is -0.508 e. The van der Waals surface area contributed by atoms with Gasteiger partial charge in [-0.2, -0.15) is 0 Å². The first-order chi connectivity index (χ1) is 25.2. The van der Waals surface area contributed by atoms with Gasteiger partial charge in [-0.3, -0.25) is 14.5 Å². The minimum absolute atomic E-state index is 0.000919. The molecule has 0 radical (unpaired) electrons. The molecule has 3 aliphatic rings. The van der Waals surface area contributed by atoms with Crippen LogP contribution in [0.2, 0.25) is 5.02 Å². The van der Waals surface area contributed by atoms with Crippen molar-refractivity contribution in [3.8, 4) is 11.5 Å². The van der Waals surface area contributed by atoms with E-state index in [2.05, 4.69) is 44.1 Å². The number of phenolic OH excluding ortho intramolecular Hbond substituents is 2. The van der Waals surface area contributed by atoms with E-state index in [-0.39, 0.29) is 46.3 Å². The van der Waals surface area contributed by atoms with Gasteiger partial charge in [-0.05, 0) is 66.1 Å². The molecule has 12 nitrogen and oxygen atoms in total. The standard InChI is InChI=1S/C39H45ClN8O4S/c1-22(2)27-14-28(31(50)15-30(27)49)38(52)48-20-24-8-7-23(13-25(24)21-48)17-46-18-26(19-46)36(51)44-29-5-4-6-32(34(29)40)53-37-35(41)45-33(16-43-37)47-11-9-39(3,42)10-12-47/h4-8,13-16,22,26,49-50H,9-12,17-21,42H2,1-3H3,(H2,41,45)(H,44,51).